The molecule has 0 saturated carbocycles. The lowest BCUT2D eigenvalue weighted by Crippen LogP contribution is -2.34. The number of carboxylic acid groups (broad SMARTS) is 2. The number of aromatic carboxylic acids is 2. The molecule has 0 heterocycles. The molecule has 4 N–H and O–H groups in total. The Hall–Kier alpha value is -2.84. The molecule has 0 fully saturated rings. The van der Waals surface area contributed by atoms with Crippen molar-refractivity contribution in [3.8, 4) is 0 Å². The molecule has 0 aliphatic heterocycles. The van der Waals surface area contributed by atoms with Gasteiger partial charge in [-0.25, -0.2) is 14.8 Å². The molecule has 0 aliphatic rings. The number of unbranched alkanes of at least 4 members (excludes halogenated alkanes) is 1. The number of anilines is 1. The maximum Gasteiger partial charge on any atom is 0.338 e. The van der Waals surface area contributed by atoms with Crippen LogP contribution in [0.1, 0.15) is 40.5 Å². The molecule has 1 aromatic rings. The molecule has 0 unspecified atom stereocenters. The quantitative estimate of drug-likeness (QED) is 0.343. The van der Waals surface area contributed by atoms with Crippen LogP contribution in [0.15, 0.2) is 23.5 Å². The van der Waals surface area contributed by atoms with E-state index in [2.05, 4.69) is 5.28 Å². The molecule has 0 aliphatic carbocycles. The van der Waals surface area contributed by atoms with Crippen molar-refractivity contribution in [3.63, 3.8) is 0 Å². The van der Waals surface area contributed by atoms with Gasteiger partial charge in [-0.3, -0.25) is 0 Å². The Morgan fingerprint density at radius 1 is 1.29 bits per heavy atom. The van der Waals surface area contributed by atoms with Crippen LogP contribution in [0.5, 0.6) is 0 Å². The van der Waals surface area contributed by atoms with Gasteiger partial charge in [0.05, 0.1) is 17.7 Å². The molecule has 0 spiro atoms. The molecule has 0 radical (unpaired) electrons. The third-order valence-electron chi connectivity index (χ3n) is 2.77. The molecule has 1 aromatic carbocycles. The number of rotatable bonds is 7. The zero-order chi connectivity index (χ0) is 16.0. The van der Waals surface area contributed by atoms with Gasteiger partial charge in [0.2, 0.25) is 0 Å². The van der Waals surface area contributed by atoms with E-state index in [-0.39, 0.29) is 28.3 Å². The molecule has 9 heteroatoms. The Kier molecular flexibility index (Phi) is 5.47. The maximum absolute atomic E-state index is 11.2. The normalized spacial score (nSPS) is 11.2. The van der Waals surface area contributed by atoms with E-state index < -0.39 is 11.9 Å². The van der Waals surface area contributed by atoms with Gasteiger partial charge in [0.1, 0.15) is 5.69 Å². The molecular formula is C12H16N3O6+. The zero-order valence-electron chi connectivity index (χ0n) is 11.3. The first-order valence-electron chi connectivity index (χ1n) is 6.14. The van der Waals surface area contributed by atoms with Gasteiger partial charge in [0.25, 0.3) is 10.2 Å². The summed E-state index contributed by atoms with van der Waals surface area (Å²) in [6, 6.07) is 3.35. The van der Waals surface area contributed by atoms with Crippen molar-refractivity contribution in [3.05, 3.63) is 29.3 Å². The first-order chi connectivity index (χ1) is 9.92. The third-order valence-corrected chi connectivity index (χ3v) is 2.77. The van der Waals surface area contributed by atoms with Crippen LogP contribution < -0.4 is 5.01 Å². The predicted octanol–water partition coefficient (Wildman–Crippen LogP) is 1.85. The second-order valence-electron chi connectivity index (χ2n) is 4.18. The van der Waals surface area contributed by atoms with Crippen LogP contribution in [-0.2, 0) is 0 Å². The van der Waals surface area contributed by atoms with Crippen LogP contribution in [0.2, 0.25) is 0 Å². The van der Waals surface area contributed by atoms with E-state index in [9.17, 15) is 14.8 Å². The predicted molar refractivity (Wildman–Crippen MR) is 68.9 cm³/mol. The van der Waals surface area contributed by atoms with E-state index >= 15 is 0 Å². The van der Waals surface area contributed by atoms with Gasteiger partial charge in [0, 0.05) is 0 Å². The second-order valence-corrected chi connectivity index (χ2v) is 4.18. The fraction of sp³-hybridized carbons (Fsp3) is 0.333. The first kappa shape index (κ1) is 16.2. The summed E-state index contributed by atoms with van der Waals surface area (Å²) in [5, 5.41) is 39.9. The molecule has 0 aromatic heterocycles. The zero-order valence-corrected chi connectivity index (χ0v) is 11.3. The SMILES string of the molecule is CCCCN(c1cc(C(=O)O)ccc1C(=O)O)[N+](O)=NO. The Morgan fingerprint density at radius 2 is 1.95 bits per heavy atom. The molecular weight excluding hydrogens is 282 g/mol. The Bertz CT molecular complexity index is 572. The van der Waals surface area contributed by atoms with Crippen LogP contribution in [0, 0.1) is 0 Å². The summed E-state index contributed by atoms with van der Waals surface area (Å²) >= 11 is 0. The van der Waals surface area contributed by atoms with Crippen LogP contribution in [0.4, 0.5) is 5.69 Å². The lowest BCUT2D eigenvalue weighted by atomic mass is 10.1. The average molecular weight is 298 g/mol. The second kappa shape index (κ2) is 7.08. The Morgan fingerprint density at radius 3 is 2.43 bits per heavy atom. The van der Waals surface area contributed by atoms with E-state index in [1.54, 1.807) is 0 Å². The van der Waals surface area contributed by atoms with Crippen molar-refractivity contribution in [1.29, 1.82) is 0 Å². The molecule has 9 nitrogen and oxygen atoms in total. The number of nitrogens with zero attached hydrogens (tertiary/aromatic N) is 3. The van der Waals surface area contributed by atoms with Gasteiger partial charge in [0.15, 0.2) is 0 Å². The fourth-order valence-corrected chi connectivity index (χ4v) is 1.72. The van der Waals surface area contributed by atoms with Gasteiger partial charge in [-0.1, -0.05) is 18.4 Å². The highest BCUT2D eigenvalue weighted by Gasteiger charge is 2.27. The molecule has 21 heavy (non-hydrogen) atoms. The summed E-state index contributed by atoms with van der Waals surface area (Å²) in [5.41, 5.74) is -0.460. The lowest BCUT2D eigenvalue weighted by Gasteiger charge is -2.14. The fourth-order valence-electron chi connectivity index (χ4n) is 1.72. The van der Waals surface area contributed by atoms with Crippen molar-refractivity contribution in [2.24, 2.45) is 5.28 Å². The highest BCUT2D eigenvalue weighted by molar-refractivity contribution is 5.97. The maximum atomic E-state index is 11.2. The monoisotopic (exact) mass is 298 g/mol. The minimum absolute atomic E-state index is 0.0725. The standard InChI is InChI=1S/C12H15N3O6/c1-2-3-6-14(15(21)13-20)10-7-8(11(16)17)4-5-9(10)12(18)19/h4-5,7,21H,2-3,6H2,1H3,(H2,16,17,18,19)/p+1. The molecule has 0 bridgehead atoms. The summed E-state index contributed by atoms with van der Waals surface area (Å²) in [4.78, 5) is 22.3. The summed E-state index contributed by atoms with van der Waals surface area (Å²) in [5.74, 6) is -2.54. The third kappa shape index (κ3) is 3.81. The number of hydrazine groups is 1. The number of benzene rings is 1. The summed E-state index contributed by atoms with van der Waals surface area (Å²) in [7, 11) is 0. The Balaban J connectivity index is 3.41. The molecule has 114 valence electrons. The van der Waals surface area contributed by atoms with Crippen molar-refractivity contribution in [2.45, 2.75) is 19.8 Å². The largest absolute Gasteiger partial charge is 0.478 e. The highest BCUT2D eigenvalue weighted by Crippen LogP contribution is 2.23. The highest BCUT2D eigenvalue weighted by atomic mass is 16.6. The van der Waals surface area contributed by atoms with Gasteiger partial charge >= 0.3 is 11.9 Å². The number of carbonyl (C=O) groups is 2. The minimum atomic E-state index is -1.30. The van der Waals surface area contributed by atoms with Crippen molar-refractivity contribution in [2.75, 3.05) is 11.6 Å². The van der Waals surface area contributed by atoms with Gasteiger partial charge in [-0.2, -0.15) is 0 Å². The first-order valence-corrected chi connectivity index (χ1v) is 6.14. The summed E-state index contributed by atoms with van der Waals surface area (Å²) in [6.45, 7) is 2.02. The van der Waals surface area contributed by atoms with Crippen LogP contribution >= 0.6 is 0 Å². The summed E-state index contributed by atoms with van der Waals surface area (Å²) in [6.07, 6.45) is 1.29. The van der Waals surface area contributed by atoms with Gasteiger partial charge < -0.3 is 15.4 Å². The van der Waals surface area contributed by atoms with E-state index in [1.165, 1.54) is 0 Å². The van der Waals surface area contributed by atoms with Crippen LogP contribution in [0.25, 0.3) is 0 Å². The van der Waals surface area contributed by atoms with Crippen LogP contribution in [-0.4, -0.2) is 44.1 Å². The number of hydrogen-bond donors (Lipinski definition) is 4. The topological polar surface area (TPSA) is 134 Å². The number of carboxylic acids is 2. The Labute approximate surface area is 119 Å². The molecule has 0 amide bonds. The summed E-state index contributed by atoms with van der Waals surface area (Å²) < 4.78 is 0. The minimum Gasteiger partial charge on any atom is -0.478 e. The van der Waals surface area contributed by atoms with Gasteiger partial charge in [-0.15, -0.1) is 0 Å². The molecule has 0 atom stereocenters. The molecule has 0 saturated heterocycles. The molecule has 1 rings (SSSR count). The van der Waals surface area contributed by atoms with E-state index in [1.807, 2.05) is 6.92 Å². The average Bonchev–Trinajstić information content (AvgIpc) is 2.46. The number of hydrogen-bond acceptors (Lipinski definition) is 3. The van der Waals surface area contributed by atoms with E-state index in [0.717, 1.165) is 29.6 Å². The van der Waals surface area contributed by atoms with Crippen LogP contribution in [0.3, 0.4) is 0 Å². The van der Waals surface area contributed by atoms with Crippen molar-refractivity contribution in [1.82, 2.24) is 0 Å². The van der Waals surface area contributed by atoms with E-state index in [0.29, 0.717) is 6.42 Å². The smallest absolute Gasteiger partial charge is 0.338 e. The van der Waals surface area contributed by atoms with Gasteiger partial charge in [-0.05, 0) is 24.6 Å². The van der Waals surface area contributed by atoms with Crippen molar-refractivity contribution >= 4 is 17.6 Å². The van der Waals surface area contributed by atoms with E-state index in [4.69, 9.17) is 15.4 Å². The van der Waals surface area contributed by atoms with Crippen molar-refractivity contribution < 1.29 is 35.2 Å². The lowest BCUT2D eigenvalue weighted by molar-refractivity contribution is -0.844.